The average Bonchev–Trinajstić information content (AvgIpc) is 2.83. The number of rotatable bonds is 2. The molecule has 2 fully saturated rings. The molecule has 0 aliphatic carbocycles. The number of piperidine rings is 1. The van der Waals surface area contributed by atoms with E-state index in [0.717, 1.165) is 44.6 Å². The molecule has 104 valence electrons. The molecule has 19 heavy (non-hydrogen) atoms. The second kappa shape index (κ2) is 5.10. The minimum atomic E-state index is -0.186. The summed E-state index contributed by atoms with van der Waals surface area (Å²) in [7, 11) is 2.07. The highest BCUT2D eigenvalue weighted by molar-refractivity contribution is 5.46. The molecule has 1 N–H and O–H groups in total. The van der Waals surface area contributed by atoms with E-state index in [1.165, 1.54) is 12.1 Å². The van der Waals surface area contributed by atoms with E-state index in [0.29, 0.717) is 6.04 Å². The van der Waals surface area contributed by atoms with Crippen LogP contribution in [0.3, 0.4) is 0 Å². The standard InChI is InChI=1S/C15H21FN2O/c1-18(13-4-2-12(16)3-5-13)14-10-15(19-11-14)6-8-17-9-7-15/h2-5,14,17H,6-11H2,1H3/t14-/m1/s1. The van der Waals surface area contributed by atoms with E-state index in [1.807, 2.05) is 12.1 Å². The second-order valence-electron chi connectivity index (χ2n) is 5.69. The van der Waals surface area contributed by atoms with Crippen LogP contribution < -0.4 is 10.2 Å². The van der Waals surface area contributed by atoms with Crippen LogP contribution in [0, 0.1) is 5.82 Å². The molecule has 1 spiro atoms. The lowest BCUT2D eigenvalue weighted by molar-refractivity contribution is -0.0192. The molecule has 3 nitrogen and oxygen atoms in total. The van der Waals surface area contributed by atoms with Gasteiger partial charge in [0.2, 0.25) is 0 Å². The number of nitrogens with zero attached hydrogens (tertiary/aromatic N) is 1. The van der Waals surface area contributed by atoms with Crippen molar-refractivity contribution in [2.45, 2.75) is 30.9 Å². The Hall–Kier alpha value is -1.13. The molecule has 3 rings (SSSR count). The van der Waals surface area contributed by atoms with Crippen LogP contribution in [0.25, 0.3) is 0 Å². The van der Waals surface area contributed by atoms with Gasteiger partial charge in [-0.2, -0.15) is 0 Å². The molecular formula is C15H21FN2O. The average molecular weight is 264 g/mol. The van der Waals surface area contributed by atoms with Crippen molar-refractivity contribution >= 4 is 5.69 Å². The Morgan fingerprint density at radius 2 is 1.95 bits per heavy atom. The largest absolute Gasteiger partial charge is 0.373 e. The third kappa shape index (κ3) is 2.60. The summed E-state index contributed by atoms with van der Waals surface area (Å²) in [4.78, 5) is 2.22. The molecule has 0 aromatic heterocycles. The van der Waals surface area contributed by atoms with Crippen molar-refractivity contribution in [3.05, 3.63) is 30.1 Å². The fraction of sp³-hybridized carbons (Fsp3) is 0.600. The van der Waals surface area contributed by atoms with E-state index in [2.05, 4.69) is 17.3 Å². The van der Waals surface area contributed by atoms with Crippen molar-refractivity contribution in [2.24, 2.45) is 0 Å². The summed E-state index contributed by atoms with van der Waals surface area (Å²) < 4.78 is 19.1. The molecule has 0 unspecified atom stereocenters. The third-order valence-corrected chi connectivity index (χ3v) is 4.49. The lowest BCUT2D eigenvalue weighted by Gasteiger charge is -2.33. The molecule has 0 amide bonds. The molecule has 2 heterocycles. The Kier molecular flexibility index (Phi) is 3.46. The molecule has 1 aromatic rings. The minimum absolute atomic E-state index is 0.0736. The molecule has 2 aliphatic rings. The molecule has 2 aliphatic heterocycles. The van der Waals surface area contributed by atoms with Crippen molar-refractivity contribution in [2.75, 3.05) is 31.6 Å². The highest BCUT2D eigenvalue weighted by Crippen LogP contribution is 2.36. The van der Waals surface area contributed by atoms with Crippen LogP contribution in [0.4, 0.5) is 10.1 Å². The number of ether oxygens (including phenoxy) is 1. The maximum atomic E-state index is 13.0. The first-order valence-corrected chi connectivity index (χ1v) is 7.02. The number of halogens is 1. The van der Waals surface area contributed by atoms with Crippen LogP contribution in [0.2, 0.25) is 0 Å². The van der Waals surface area contributed by atoms with Crippen molar-refractivity contribution in [1.29, 1.82) is 0 Å². The molecule has 0 saturated carbocycles. The lowest BCUT2D eigenvalue weighted by Crippen LogP contribution is -2.42. The summed E-state index contributed by atoms with van der Waals surface area (Å²) in [6.45, 7) is 2.87. The maximum Gasteiger partial charge on any atom is 0.123 e. The van der Waals surface area contributed by atoms with Gasteiger partial charge in [-0.3, -0.25) is 0 Å². The van der Waals surface area contributed by atoms with Crippen LogP contribution in [0.15, 0.2) is 24.3 Å². The van der Waals surface area contributed by atoms with Crippen LogP contribution in [-0.2, 0) is 4.74 Å². The zero-order valence-electron chi connectivity index (χ0n) is 11.4. The number of nitrogens with one attached hydrogen (secondary N) is 1. The van der Waals surface area contributed by atoms with Crippen LogP contribution in [-0.4, -0.2) is 38.4 Å². The minimum Gasteiger partial charge on any atom is -0.373 e. The van der Waals surface area contributed by atoms with Crippen LogP contribution in [0.5, 0.6) is 0 Å². The first kappa shape index (κ1) is 12.9. The molecular weight excluding hydrogens is 243 g/mol. The van der Waals surface area contributed by atoms with E-state index < -0.39 is 0 Å². The van der Waals surface area contributed by atoms with Gasteiger partial charge in [-0.25, -0.2) is 4.39 Å². The Morgan fingerprint density at radius 3 is 2.63 bits per heavy atom. The number of benzene rings is 1. The molecule has 0 bridgehead atoms. The summed E-state index contributed by atoms with van der Waals surface area (Å²) in [6.07, 6.45) is 3.27. The summed E-state index contributed by atoms with van der Waals surface area (Å²) in [5.41, 5.74) is 1.13. The predicted octanol–water partition coefficient (Wildman–Crippen LogP) is 2.17. The Labute approximate surface area is 113 Å². The van der Waals surface area contributed by atoms with E-state index in [4.69, 9.17) is 4.74 Å². The van der Waals surface area contributed by atoms with E-state index in [1.54, 1.807) is 0 Å². The summed E-state index contributed by atoms with van der Waals surface area (Å²) in [6, 6.07) is 7.10. The van der Waals surface area contributed by atoms with Crippen molar-refractivity contribution in [3.63, 3.8) is 0 Å². The van der Waals surface area contributed by atoms with E-state index in [-0.39, 0.29) is 11.4 Å². The zero-order chi connectivity index (χ0) is 13.3. The third-order valence-electron chi connectivity index (χ3n) is 4.49. The first-order valence-electron chi connectivity index (χ1n) is 7.02. The van der Waals surface area contributed by atoms with Crippen LogP contribution in [0.1, 0.15) is 19.3 Å². The van der Waals surface area contributed by atoms with Gasteiger partial charge in [-0.1, -0.05) is 0 Å². The van der Waals surface area contributed by atoms with E-state index >= 15 is 0 Å². The van der Waals surface area contributed by atoms with Gasteiger partial charge < -0.3 is 15.0 Å². The molecule has 0 radical (unpaired) electrons. The van der Waals surface area contributed by atoms with Gasteiger partial charge in [0.25, 0.3) is 0 Å². The lowest BCUT2D eigenvalue weighted by atomic mass is 9.88. The predicted molar refractivity (Wildman–Crippen MR) is 74.0 cm³/mol. The van der Waals surface area contributed by atoms with Gasteiger partial charge >= 0.3 is 0 Å². The normalized spacial score (nSPS) is 25.7. The number of likely N-dealkylation sites (N-methyl/N-ethyl adjacent to an activating group) is 1. The van der Waals surface area contributed by atoms with Gasteiger partial charge in [0.15, 0.2) is 0 Å². The molecule has 2 saturated heterocycles. The Balaban J connectivity index is 1.68. The molecule has 1 aromatic carbocycles. The van der Waals surface area contributed by atoms with Crippen molar-refractivity contribution in [3.8, 4) is 0 Å². The van der Waals surface area contributed by atoms with Crippen molar-refractivity contribution in [1.82, 2.24) is 5.32 Å². The number of hydrogen-bond acceptors (Lipinski definition) is 3. The van der Waals surface area contributed by atoms with E-state index in [9.17, 15) is 4.39 Å². The monoisotopic (exact) mass is 264 g/mol. The summed E-state index contributed by atoms with van der Waals surface area (Å²) in [5.74, 6) is -0.186. The number of anilines is 1. The zero-order valence-corrected chi connectivity index (χ0v) is 11.4. The van der Waals surface area contributed by atoms with Crippen molar-refractivity contribution < 1.29 is 9.13 Å². The summed E-state index contributed by atoms with van der Waals surface area (Å²) in [5, 5.41) is 3.38. The van der Waals surface area contributed by atoms with Crippen LogP contribution >= 0.6 is 0 Å². The smallest absolute Gasteiger partial charge is 0.123 e. The van der Waals surface area contributed by atoms with Gasteiger partial charge in [0.1, 0.15) is 5.82 Å². The van der Waals surface area contributed by atoms with Gasteiger partial charge in [0.05, 0.1) is 18.2 Å². The Morgan fingerprint density at radius 1 is 1.26 bits per heavy atom. The molecule has 4 heteroatoms. The van der Waals surface area contributed by atoms with Gasteiger partial charge in [-0.15, -0.1) is 0 Å². The topological polar surface area (TPSA) is 24.5 Å². The Bertz CT molecular complexity index is 428. The second-order valence-corrected chi connectivity index (χ2v) is 5.69. The summed E-state index contributed by atoms with van der Waals surface area (Å²) >= 11 is 0. The fourth-order valence-electron chi connectivity index (χ4n) is 3.19. The fourth-order valence-corrected chi connectivity index (χ4v) is 3.19. The maximum absolute atomic E-state index is 13.0. The number of hydrogen-bond donors (Lipinski definition) is 1. The first-order chi connectivity index (χ1) is 9.19. The quantitative estimate of drug-likeness (QED) is 0.886. The highest BCUT2D eigenvalue weighted by atomic mass is 19.1. The van der Waals surface area contributed by atoms with Gasteiger partial charge in [-0.05, 0) is 56.6 Å². The SMILES string of the molecule is CN(c1ccc(F)cc1)[C@H]1COC2(CCNCC2)C1. The molecule has 1 atom stereocenters. The highest BCUT2D eigenvalue weighted by Gasteiger charge is 2.42. The van der Waals surface area contributed by atoms with Gasteiger partial charge in [0, 0.05) is 12.7 Å².